The predicted octanol–water partition coefficient (Wildman–Crippen LogP) is 0.880. The number of sulfone groups is 1. The van der Waals surface area contributed by atoms with Crippen LogP contribution in [0.25, 0.3) is 0 Å². The number of anilines is 1. The summed E-state index contributed by atoms with van der Waals surface area (Å²) in [5.41, 5.74) is 0.391. The van der Waals surface area contributed by atoms with Crippen molar-refractivity contribution in [2.24, 2.45) is 7.05 Å². The van der Waals surface area contributed by atoms with E-state index in [-0.39, 0.29) is 23.2 Å². The van der Waals surface area contributed by atoms with Crippen LogP contribution in [0.1, 0.15) is 25.5 Å². The van der Waals surface area contributed by atoms with E-state index in [1.165, 1.54) is 4.68 Å². The molecule has 1 aliphatic heterocycles. The summed E-state index contributed by atoms with van der Waals surface area (Å²) in [5.74, 6) is 0.428. The summed E-state index contributed by atoms with van der Waals surface area (Å²) in [5, 5.41) is 18.4. The third-order valence-electron chi connectivity index (χ3n) is 3.33. The van der Waals surface area contributed by atoms with Gasteiger partial charge in [0.25, 0.3) is 0 Å². The number of nitrogens with zero attached hydrogens (tertiary/aromatic N) is 3. The van der Waals surface area contributed by atoms with Crippen molar-refractivity contribution in [1.82, 2.24) is 9.78 Å². The van der Waals surface area contributed by atoms with E-state index in [1.54, 1.807) is 7.05 Å². The van der Waals surface area contributed by atoms with Gasteiger partial charge in [0.1, 0.15) is 5.69 Å². The first-order valence-electron chi connectivity index (χ1n) is 6.51. The Morgan fingerprint density at radius 2 is 2.25 bits per heavy atom. The van der Waals surface area contributed by atoms with Crippen LogP contribution in [0.3, 0.4) is 0 Å². The zero-order valence-electron chi connectivity index (χ0n) is 11.5. The van der Waals surface area contributed by atoms with E-state index in [0.717, 1.165) is 6.42 Å². The molecule has 1 N–H and O–H groups in total. The molecule has 20 heavy (non-hydrogen) atoms. The smallest absolute Gasteiger partial charge is 0.333 e. The van der Waals surface area contributed by atoms with E-state index in [9.17, 15) is 18.5 Å². The third-order valence-corrected chi connectivity index (χ3v) is 5.10. The summed E-state index contributed by atoms with van der Waals surface area (Å²) in [6.07, 6.45) is 1.75. The Hall–Kier alpha value is -1.64. The van der Waals surface area contributed by atoms with Crippen LogP contribution >= 0.6 is 0 Å². The largest absolute Gasteiger partial charge is 0.361 e. The van der Waals surface area contributed by atoms with Gasteiger partial charge in [-0.1, -0.05) is 13.3 Å². The molecule has 9 heteroatoms. The minimum absolute atomic E-state index is 0.0123. The van der Waals surface area contributed by atoms with Gasteiger partial charge in [0.2, 0.25) is 5.82 Å². The highest BCUT2D eigenvalue weighted by Gasteiger charge is 2.32. The first-order chi connectivity index (χ1) is 9.34. The second-order valence-electron chi connectivity index (χ2n) is 5.02. The summed E-state index contributed by atoms with van der Waals surface area (Å²) in [4.78, 5) is 10.8. The fourth-order valence-electron chi connectivity index (χ4n) is 2.43. The van der Waals surface area contributed by atoms with Gasteiger partial charge in [-0.2, -0.15) is 5.10 Å². The molecule has 1 atom stereocenters. The Morgan fingerprint density at radius 1 is 1.55 bits per heavy atom. The van der Waals surface area contributed by atoms with Crippen molar-refractivity contribution >= 4 is 21.3 Å². The summed E-state index contributed by atoms with van der Waals surface area (Å²) in [7, 11) is -1.40. The van der Waals surface area contributed by atoms with Crippen LogP contribution in [0.2, 0.25) is 0 Å². The van der Waals surface area contributed by atoms with Crippen LogP contribution in [0.15, 0.2) is 0 Å². The highest BCUT2D eigenvalue weighted by Crippen LogP contribution is 2.30. The van der Waals surface area contributed by atoms with E-state index in [1.807, 2.05) is 6.92 Å². The summed E-state index contributed by atoms with van der Waals surface area (Å²) >= 11 is 0. The predicted molar refractivity (Wildman–Crippen MR) is 74.5 cm³/mol. The Bertz CT molecular complexity index is 623. The molecule has 0 aliphatic carbocycles. The standard InChI is InChI=1S/C11H18N4O4S/c1-3-4-9-10(15(16)17)11(14(2)13-9)12-8-5-6-20(18,19)7-8/h8,12H,3-7H2,1-2H3. The summed E-state index contributed by atoms with van der Waals surface area (Å²) in [6.45, 7) is 1.93. The highest BCUT2D eigenvalue weighted by atomic mass is 32.2. The molecule has 0 spiro atoms. The molecule has 2 rings (SSSR count). The lowest BCUT2D eigenvalue weighted by Gasteiger charge is -2.11. The molecule has 2 heterocycles. The molecule has 1 aromatic rings. The molecule has 1 aromatic heterocycles. The molecular weight excluding hydrogens is 284 g/mol. The van der Waals surface area contributed by atoms with Crippen molar-refractivity contribution in [3.05, 3.63) is 15.8 Å². The number of rotatable bonds is 5. The van der Waals surface area contributed by atoms with Crippen LogP contribution in [0.5, 0.6) is 0 Å². The van der Waals surface area contributed by atoms with E-state index >= 15 is 0 Å². The van der Waals surface area contributed by atoms with E-state index in [2.05, 4.69) is 10.4 Å². The number of nitro groups is 1. The first kappa shape index (κ1) is 14.8. The molecular formula is C11H18N4O4S. The van der Waals surface area contributed by atoms with E-state index in [0.29, 0.717) is 24.4 Å². The minimum atomic E-state index is -3.03. The number of hydrogen-bond acceptors (Lipinski definition) is 6. The summed E-state index contributed by atoms with van der Waals surface area (Å²) in [6, 6.07) is -0.288. The fourth-order valence-corrected chi connectivity index (χ4v) is 4.10. The number of aromatic nitrogens is 2. The van der Waals surface area contributed by atoms with Crippen molar-refractivity contribution in [3.8, 4) is 0 Å². The topological polar surface area (TPSA) is 107 Å². The molecule has 8 nitrogen and oxygen atoms in total. The highest BCUT2D eigenvalue weighted by molar-refractivity contribution is 7.91. The summed E-state index contributed by atoms with van der Waals surface area (Å²) < 4.78 is 24.3. The number of nitrogens with one attached hydrogen (secondary N) is 1. The molecule has 1 aliphatic rings. The fraction of sp³-hybridized carbons (Fsp3) is 0.727. The van der Waals surface area contributed by atoms with Gasteiger partial charge < -0.3 is 5.32 Å². The molecule has 0 saturated carbocycles. The SMILES string of the molecule is CCCc1nn(C)c(NC2CCS(=O)(=O)C2)c1[N+](=O)[O-]. The van der Waals surface area contributed by atoms with Crippen LogP contribution in [-0.4, -0.2) is 40.7 Å². The molecule has 1 fully saturated rings. The normalized spacial score (nSPS) is 21.0. The Morgan fingerprint density at radius 3 is 2.75 bits per heavy atom. The monoisotopic (exact) mass is 302 g/mol. The first-order valence-corrected chi connectivity index (χ1v) is 8.33. The molecule has 0 radical (unpaired) electrons. The quantitative estimate of drug-likeness (QED) is 0.639. The second kappa shape index (κ2) is 5.39. The van der Waals surface area contributed by atoms with Crippen molar-refractivity contribution in [2.45, 2.75) is 32.2 Å². The Labute approximate surface area is 117 Å². The van der Waals surface area contributed by atoms with Crippen molar-refractivity contribution in [2.75, 3.05) is 16.8 Å². The second-order valence-corrected chi connectivity index (χ2v) is 7.25. The van der Waals surface area contributed by atoms with Gasteiger partial charge in [-0.15, -0.1) is 0 Å². The average Bonchev–Trinajstić information content (AvgIpc) is 2.81. The van der Waals surface area contributed by atoms with E-state index < -0.39 is 14.8 Å². The number of aryl methyl sites for hydroxylation is 2. The van der Waals surface area contributed by atoms with Crippen LogP contribution in [0.4, 0.5) is 11.5 Å². The maximum Gasteiger partial charge on any atom is 0.333 e. The van der Waals surface area contributed by atoms with Gasteiger partial charge in [-0.3, -0.25) is 10.1 Å². The van der Waals surface area contributed by atoms with Gasteiger partial charge in [-0.25, -0.2) is 13.1 Å². The lowest BCUT2D eigenvalue weighted by atomic mass is 10.2. The lowest BCUT2D eigenvalue weighted by molar-refractivity contribution is -0.384. The van der Waals surface area contributed by atoms with Crippen molar-refractivity contribution in [1.29, 1.82) is 0 Å². The minimum Gasteiger partial charge on any atom is -0.361 e. The Balaban J connectivity index is 2.29. The van der Waals surface area contributed by atoms with Crippen molar-refractivity contribution < 1.29 is 13.3 Å². The zero-order valence-corrected chi connectivity index (χ0v) is 12.3. The van der Waals surface area contributed by atoms with Crippen LogP contribution < -0.4 is 5.32 Å². The van der Waals surface area contributed by atoms with Crippen molar-refractivity contribution in [3.63, 3.8) is 0 Å². The average molecular weight is 302 g/mol. The molecule has 1 unspecified atom stereocenters. The third kappa shape index (κ3) is 2.92. The Kier molecular flexibility index (Phi) is 3.98. The molecule has 112 valence electrons. The zero-order chi connectivity index (χ0) is 14.9. The maximum atomic E-state index is 11.4. The molecule has 1 saturated heterocycles. The van der Waals surface area contributed by atoms with Gasteiger partial charge in [0.05, 0.1) is 16.4 Å². The van der Waals surface area contributed by atoms with E-state index in [4.69, 9.17) is 0 Å². The number of hydrogen-bond donors (Lipinski definition) is 1. The van der Waals surface area contributed by atoms with Crippen LogP contribution in [0, 0.1) is 10.1 Å². The van der Waals surface area contributed by atoms with Gasteiger partial charge >= 0.3 is 5.69 Å². The molecule has 0 aromatic carbocycles. The van der Waals surface area contributed by atoms with Crippen LogP contribution in [-0.2, 0) is 23.3 Å². The lowest BCUT2D eigenvalue weighted by Crippen LogP contribution is -2.22. The maximum absolute atomic E-state index is 11.4. The van der Waals surface area contributed by atoms with Gasteiger partial charge in [0.15, 0.2) is 9.84 Å². The molecule has 0 bridgehead atoms. The molecule has 0 amide bonds. The van der Waals surface area contributed by atoms with Gasteiger partial charge in [-0.05, 0) is 12.8 Å². The van der Waals surface area contributed by atoms with Gasteiger partial charge in [0, 0.05) is 13.1 Å².